The zero-order chi connectivity index (χ0) is 49.5. The molecular weight excluding hydrogens is 859 g/mol. The second-order valence-corrected chi connectivity index (χ2v) is 21.5. The van der Waals surface area contributed by atoms with Gasteiger partial charge in [-0.3, -0.25) is 9.35 Å². The summed E-state index contributed by atoms with van der Waals surface area (Å²) in [6.45, 7) is 20.8. The van der Waals surface area contributed by atoms with E-state index in [1.54, 1.807) is 6.08 Å². The number of hydrogen-bond acceptors (Lipinski definition) is 8. The standard InChI is InChI=1S/C40H56O5S.C17H23NO3/c1-29(17-13-19-31(3)21-23-37-33(5)25-35(41)27-39(37,7)8)15-11-12-16-30(2)18-14-20-32(4)22-24-38-34(6)26-36(28-40(38,9)10)45-46(42,43)44;1-18-13-7-8-14(18)10-15(9-13)21-17(20)16(11-19)12-5-3-2-4-6-12/h11-24,26,35-36,38,41H,25,27-28H2,1-10H3,(H,42,43,44);2-6,13-16,19H,7-11H2,1H3/b12-11+,17-13+,18-14+,23-21+,24-22+,29-15+,30-16+,31-19+,32-20+;/t35-,36+,38+;13-,14+,15?,16?/m1./s1. The van der Waals surface area contributed by atoms with Gasteiger partial charge in [0.1, 0.15) is 12.0 Å². The molecule has 4 aliphatic rings. The minimum atomic E-state index is -4.49. The van der Waals surface area contributed by atoms with Crippen LogP contribution in [0.2, 0.25) is 0 Å². The number of esters is 1. The summed E-state index contributed by atoms with van der Waals surface area (Å²) < 4.78 is 41.9. The zero-order valence-electron chi connectivity index (χ0n) is 42.0. The molecule has 0 aromatic heterocycles. The fourth-order valence-corrected chi connectivity index (χ4v) is 10.5. The Balaban J connectivity index is 0.000000383. The van der Waals surface area contributed by atoms with Crippen molar-refractivity contribution in [1.29, 1.82) is 0 Å². The van der Waals surface area contributed by atoms with Crippen molar-refractivity contribution in [1.82, 2.24) is 4.90 Å². The first kappa shape index (κ1) is 55.2. The normalized spacial score (nSPS) is 27.0. The third kappa shape index (κ3) is 17.9. The fourth-order valence-electron chi connectivity index (χ4n) is 10.0. The van der Waals surface area contributed by atoms with E-state index >= 15 is 0 Å². The number of benzene rings is 1. The molecule has 366 valence electrons. The van der Waals surface area contributed by atoms with E-state index < -0.39 is 22.4 Å². The van der Waals surface area contributed by atoms with E-state index in [0.29, 0.717) is 18.5 Å². The van der Waals surface area contributed by atoms with Crippen LogP contribution in [0.15, 0.2) is 160 Å². The largest absolute Gasteiger partial charge is 0.462 e. The van der Waals surface area contributed by atoms with Gasteiger partial charge in [-0.1, -0.05) is 183 Å². The predicted molar refractivity (Wildman–Crippen MR) is 274 cm³/mol. The van der Waals surface area contributed by atoms with Crippen LogP contribution in [0, 0.1) is 16.7 Å². The highest BCUT2D eigenvalue weighted by molar-refractivity contribution is 7.80. The van der Waals surface area contributed by atoms with Crippen molar-refractivity contribution in [2.75, 3.05) is 13.7 Å². The molecule has 2 saturated heterocycles. The van der Waals surface area contributed by atoms with E-state index in [4.69, 9.17) is 13.5 Å². The molecular formula is C57H79NO8S. The summed E-state index contributed by atoms with van der Waals surface area (Å²) in [4.78, 5) is 14.8. The van der Waals surface area contributed by atoms with Gasteiger partial charge in [0.25, 0.3) is 0 Å². The molecule has 2 bridgehead atoms. The van der Waals surface area contributed by atoms with Gasteiger partial charge >= 0.3 is 16.4 Å². The van der Waals surface area contributed by atoms with Gasteiger partial charge in [0.15, 0.2) is 0 Å². The summed E-state index contributed by atoms with van der Waals surface area (Å²) >= 11 is 0. The maximum atomic E-state index is 12.4. The number of aliphatic hydroxyl groups is 2. The van der Waals surface area contributed by atoms with Crippen LogP contribution in [-0.4, -0.2) is 78.1 Å². The van der Waals surface area contributed by atoms with Crippen molar-refractivity contribution >= 4 is 16.4 Å². The van der Waals surface area contributed by atoms with Crippen molar-refractivity contribution in [2.45, 2.75) is 150 Å². The highest BCUT2D eigenvalue weighted by Crippen LogP contribution is 2.43. The molecule has 9 nitrogen and oxygen atoms in total. The summed E-state index contributed by atoms with van der Waals surface area (Å²) in [5.74, 6) is -0.727. The Morgan fingerprint density at radius 2 is 1.36 bits per heavy atom. The maximum absolute atomic E-state index is 12.4. The van der Waals surface area contributed by atoms with Crippen molar-refractivity contribution in [2.24, 2.45) is 16.7 Å². The number of allylic oxidation sites excluding steroid dienone is 20. The number of carbonyl (C=O) groups excluding carboxylic acids is 1. The molecule has 1 aromatic rings. The first-order valence-electron chi connectivity index (χ1n) is 23.9. The highest BCUT2D eigenvalue weighted by Gasteiger charge is 2.41. The molecule has 3 N–H and O–H groups in total. The molecule has 0 saturated carbocycles. The summed E-state index contributed by atoms with van der Waals surface area (Å²) in [5.41, 5.74) is 8.78. The zero-order valence-corrected chi connectivity index (χ0v) is 42.8. The van der Waals surface area contributed by atoms with Gasteiger partial charge in [0.2, 0.25) is 0 Å². The number of rotatable bonds is 16. The molecule has 2 fully saturated rings. The van der Waals surface area contributed by atoms with E-state index in [9.17, 15) is 23.4 Å². The van der Waals surface area contributed by atoms with Gasteiger partial charge in [0.05, 0.1) is 18.8 Å². The Morgan fingerprint density at radius 3 is 1.88 bits per heavy atom. The van der Waals surface area contributed by atoms with Crippen molar-refractivity contribution in [3.05, 3.63) is 166 Å². The quantitative estimate of drug-likeness (QED) is 0.0641. The van der Waals surface area contributed by atoms with Crippen molar-refractivity contribution in [3.63, 3.8) is 0 Å². The SMILES string of the molecule is CC1=C[C@H](OS(=O)(=O)O)CC(C)(C)[C@H]1/C=C/C(C)=C/C=C/C(C)=C/C=C/C=C(C)/C=C/C=C(C)/C=C/C1=C(C)C[C@@H](O)CC1(C)C.CN1[C@@H]2CC[C@H]1CC(OC(=O)C(CO)c1ccccc1)C2. The smallest absolute Gasteiger partial charge is 0.397 e. The molecule has 1 aromatic carbocycles. The highest BCUT2D eigenvalue weighted by atomic mass is 32.3. The van der Waals surface area contributed by atoms with Crippen LogP contribution in [0.25, 0.3) is 0 Å². The maximum Gasteiger partial charge on any atom is 0.397 e. The number of nitrogens with zero attached hydrogens (tertiary/aromatic N) is 1. The Hall–Kier alpha value is -4.42. The third-order valence-electron chi connectivity index (χ3n) is 13.6. The summed E-state index contributed by atoms with van der Waals surface area (Å²) in [6.07, 6.45) is 36.5. The lowest BCUT2D eigenvalue weighted by Gasteiger charge is -2.39. The molecule has 2 heterocycles. The average Bonchev–Trinajstić information content (AvgIpc) is 3.40. The van der Waals surface area contributed by atoms with Crippen LogP contribution in [-0.2, 0) is 24.1 Å². The second-order valence-electron chi connectivity index (χ2n) is 20.4. The van der Waals surface area contributed by atoms with Crippen LogP contribution in [0.1, 0.15) is 126 Å². The monoisotopic (exact) mass is 938 g/mol. The minimum absolute atomic E-state index is 0.00367. The van der Waals surface area contributed by atoms with Gasteiger partial charge in [-0.05, 0) is 116 Å². The van der Waals surface area contributed by atoms with Gasteiger partial charge in [-0.15, -0.1) is 0 Å². The molecule has 7 atom stereocenters. The Kier molecular flexibility index (Phi) is 20.8. The fraction of sp³-hybridized carbons (Fsp3) is 0.491. The molecule has 67 heavy (non-hydrogen) atoms. The van der Waals surface area contributed by atoms with E-state index in [2.05, 4.69) is 141 Å². The van der Waals surface area contributed by atoms with Crippen molar-refractivity contribution < 1.29 is 36.9 Å². The van der Waals surface area contributed by atoms with Crippen LogP contribution in [0.4, 0.5) is 0 Å². The number of piperidine rings is 1. The average molecular weight is 938 g/mol. The Labute approximate surface area is 403 Å². The van der Waals surface area contributed by atoms with E-state index in [1.807, 2.05) is 55.5 Å². The first-order valence-corrected chi connectivity index (χ1v) is 25.2. The number of aliphatic hydroxyl groups excluding tert-OH is 2. The van der Waals surface area contributed by atoms with Crippen LogP contribution in [0.5, 0.6) is 0 Å². The number of hydrogen-bond donors (Lipinski definition) is 3. The lowest BCUT2D eigenvalue weighted by atomic mass is 9.67. The lowest BCUT2D eigenvalue weighted by Crippen LogP contribution is -2.43. The molecule has 2 unspecified atom stereocenters. The van der Waals surface area contributed by atoms with Gasteiger partial charge in [-0.2, -0.15) is 8.42 Å². The van der Waals surface area contributed by atoms with E-state index in [1.165, 1.54) is 29.6 Å². The molecule has 10 heteroatoms. The molecule has 0 radical (unpaired) electrons. The Bertz CT molecular complexity index is 2290. The Morgan fingerprint density at radius 1 is 0.821 bits per heavy atom. The minimum Gasteiger partial charge on any atom is -0.462 e. The second kappa shape index (κ2) is 25.3. The molecule has 0 amide bonds. The third-order valence-corrected chi connectivity index (χ3v) is 14.1. The number of carbonyl (C=O) groups is 1. The number of ether oxygens (including phenoxy) is 1. The number of fused-ring (bicyclic) bond motifs is 2. The predicted octanol–water partition coefficient (Wildman–Crippen LogP) is 12.2. The molecule has 5 rings (SSSR count). The topological polar surface area (TPSA) is 134 Å². The summed E-state index contributed by atoms with van der Waals surface area (Å²) in [7, 11) is -2.32. The lowest BCUT2D eigenvalue weighted by molar-refractivity contribution is -0.155. The summed E-state index contributed by atoms with van der Waals surface area (Å²) in [5, 5.41) is 19.6. The van der Waals surface area contributed by atoms with Crippen LogP contribution >= 0.6 is 0 Å². The van der Waals surface area contributed by atoms with E-state index in [-0.39, 0.29) is 41.5 Å². The van der Waals surface area contributed by atoms with Crippen LogP contribution in [0.3, 0.4) is 0 Å². The van der Waals surface area contributed by atoms with Crippen molar-refractivity contribution in [3.8, 4) is 0 Å². The van der Waals surface area contributed by atoms with Gasteiger partial charge < -0.3 is 19.8 Å². The van der Waals surface area contributed by atoms with E-state index in [0.717, 1.165) is 53.5 Å². The van der Waals surface area contributed by atoms with Gasteiger partial charge in [0, 0.05) is 18.0 Å². The molecule has 2 aliphatic heterocycles. The van der Waals surface area contributed by atoms with Crippen LogP contribution < -0.4 is 0 Å². The molecule has 0 spiro atoms. The molecule has 2 aliphatic carbocycles. The van der Waals surface area contributed by atoms with Gasteiger partial charge in [-0.25, -0.2) is 4.18 Å². The first-order chi connectivity index (χ1) is 31.5. The summed E-state index contributed by atoms with van der Waals surface area (Å²) in [6, 6.07) is 10.5.